The highest BCUT2D eigenvalue weighted by Gasteiger charge is 2.46. The molecule has 1 heterocycles. The normalized spacial score (nSPS) is 12.9. The summed E-state index contributed by atoms with van der Waals surface area (Å²) in [4.78, 5) is 2.34. The zero-order valence-corrected chi connectivity index (χ0v) is 28.9. The van der Waals surface area contributed by atoms with Crippen LogP contribution in [0.5, 0.6) is 0 Å². The fraction of sp³-hybridized carbons (Fsp3) is 0.0400. The molecule has 0 saturated heterocycles. The first kappa shape index (κ1) is 30.2. The van der Waals surface area contributed by atoms with Gasteiger partial charge in [0.2, 0.25) is 0 Å². The Hall–Kier alpha value is -6.64. The van der Waals surface area contributed by atoms with Crippen LogP contribution in [0.3, 0.4) is 0 Å². The molecule has 1 aliphatic carbocycles. The standard InChI is InChI=1S/C50H36N2/c1-51(39-30-32-44-43-25-13-16-28-48(43)52(49(44)34-39)38-21-9-4-10-22-38)47-27-15-12-23-40(47)35-29-31-42-41-24-11-14-26-45(41)50(46(42)33-35,36-17-5-2-6-18-36)37-19-7-3-8-20-37/h2-34H,1H3. The van der Waals surface area contributed by atoms with Crippen LogP contribution in [0.15, 0.2) is 200 Å². The zero-order valence-electron chi connectivity index (χ0n) is 28.9. The topological polar surface area (TPSA) is 8.17 Å². The first-order chi connectivity index (χ1) is 25.7. The lowest BCUT2D eigenvalue weighted by Gasteiger charge is -2.34. The minimum Gasteiger partial charge on any atom is -0.344 e. The summed E-state index contributed by atoms with van der Waals surface area (Å²) in [6, 6.07) is 73.2. The van der Waals surface area contributed by atoms with Crippen molar-refractivity contribution in [2.24, 2.45) is 0 Å². The molecule has 1 aromatic heterocycles. The molecule has 0 radical (unpaired) electrons. The molecule has 10 rings (SSSR count). The predicted molar refractivity (Wildman–Crippen MR) is 218 cm³/mol. The number of anilines is 2. The Labute approximate surface area is 304 Å². The summed E-state index contributed by atoms with van der Waals surface area (Å²) >= 11 is 0. The molecule has 0 saturated carbocycles. The molecule has 0 fully saturated rings. The Bertz CT molecular complexity index is 2700. The van der Waals surface area contributed by atoms with Crippen LogP contribution in [-0.2, 0) is 5.41 Å². The van der Waals surface area contributed by atoms with E-state index in [-0.39, 0.29) is 0 Å². The summed E-state index contributed by atoms with van der Waals surface area (Å²) in [7, 11) is 2.19. The smallest absolute Gasteiger partial charge is 0.0713 e. The number of aromatic nitrogens is 1. The Balaban J connectivity index is 1.15. The van der Waals surface area contributed by atoms with E-state index in [0.717, 1.165) is 17.1 Å². The highest BCUT2D eigenvalue weighted by atomic mass is 15.1. The van der Waals surface area contributed by atoms with Crippen LogP contribution in [0.4, 0.5) is 11.4 Å². The van der Waals surface area contributed by atoms with Gasteiger partial charge < -0.3 is 9.47 Å². The maximum Gasteiger partial charge on any atom is 0.0713 e. The summed E-state index contributed by atoms with van der Waals surface area (Å²) in [5.74, 6) is 0. The van der Waals surface area contributed by atoms with Crippen LogP contribution in [0.1, 0.15) is 22.3 Å². The average Bonchev–Trinajstić information content (AvgIpc) is 3.71. The zero-order chi connectivity index (χ0) is 34.6. The molecule has 0 unspecified atom stereocenters. The van der Waals surface area contributed by atoms with Crippen LogP contribution in [0, 0.1) is 0 Å². The van der Waals surface area contributed by atoms with Crippen molar-refractivity contribution in [3.05, 3.63) is 222 Å². The third-order valence-electron chi connectivity index (χ3n) is 11.1. The molecule has 8 aromatic carbocycles. The Morgan fingerprint density at radius 1 is 0.423 bits per heavy atom. The predicted octanol–water partition coefficient (Wildman–Crippen LogP) is 12.6. The summed E-state index contributed by atoms with van der Waals surface area (Å²) < 4.78 is 2.39. The number of nitrogens with zero attached hydrogens (tertiary/aromatic N) is 2. The SMILES string of the molecule is CN(c1ccc2c3ccccc3n(-c3ccccc3)c2c1)c1ccccc1-c1ccc2c(c1)C(c1ccccc1)(c1ccccc1)c1ccccc1-2. The van der Waals surface area contributed by atoms with Gasteiger partial charge in [0.05, 0.1) is 16.4 Å². The summed E-state index contributed by atoms with van der Waals surface area (Å²) in [5.41, 5.74) is 15.6. The Morgan fingerprint density at radius 3 is 1.75 bits per heavy atom. The van der Waals surface area contributed by atoms with Crippen molar-refractivity contribution in [3.8, 4) is 27.9 Å². The Morgan fingerprint density at radius 2 is 1.00 bits per heavy atom. The molecule has 0 bridgehead atoms. The van der Waals surface area contributed by atoms with Crippen LogP contribution < -0.4 is 4.90 Å². The van der Waals surface area contributed by atoms with Crippen LogP contribution >= 0.6 is 0 Å². The minimum atomic E-state index is -0.443. The largest absolute Gasteiger partial charge is 0.344 e. The maximum atomic E-state index is 2.46. The van der Waals surface area contributed by atoms with Gasteiger partial charge >= 0.3 is 0 Å². The van der Waals surface area contributed by atoms with E-state index in [0.29, 0.717) is 0 Å². The quantitative estimate of drug-likeness (QED) is 0.172. The van der Waals surface area contributed by atoms with E-state index in [4.69, 9.17) is 0 Å². The number of para-hydroxylation sites is 3. The number of rotatable bonds is 6. The molecular formula is C50H36N2. The van der Waals surface area contributed by atoms with Gasteiger partial charge in [-0.1, -0.05) is 158 Å². The van der Waals surface area contributed by atoms with Crippen molar-refractivity contribution in [2.45, 2.75) is 5.41 Å². The molecule has 246 valence electrons. The molecular weight excluding hydrogens is 629 g/mol. The molecule has 0 amide bonds. The van der Waals surface area contributed by atoms with Crippen molar-refractivity contribution in [1.29, 1.82) is 0 Å². The molecule has 0 N–H and O–H groups in total. The fourth-order valence-electron chi connectivity index (χ4n) is 8.78. The summed E-state index contributed by atoms with van der Waals surface area (Å²) in [6.07, 6.45) is 0. The van der Waals surface area contributed by atoms with Crippen molar-refractivity contribution in [1.82, 2.24) is 4.57 Å². The van der Waals surface area contributed by atoms with Crippen molar-refractivity contribution in [2.75, 3.05) is 11.9 Å². The van der Waals surface area contributed by atoms with Gasteiger partial charge in [0.15, 0.2) is 0 Å². The maximum absolute atomic E-state index is 2.46. The molecule has 0 atom stereocenters. The van der Waals surface area contributed by atoms with Crippen molar-refractivity contribution < 1.29 is 0 Å². The van der Waals surface area contributed by atoms with Gasteiger partial charge in [-0.3, -0.25) is 0 Å². The summed E-state index contributed by atoms with van der Waals surface area (Å²) in [5, 5.41) is 2.51. The number of hydrogen-bond donors (Lipinski definition) is 0. The van der Waals surface area contributed by atoms with Gasteiger partial charge in [0.1, 0.15) is 0 Å². The molecule has 2 heteroatoms. The number of benzene rings is 8. The van der Waals surface area contributed by atoms with Gasteiger partial charge in [0, 0.05) is 40.4 Å². The van der Waals surface area contributed by atoms with Gasteiger partial charge in [-0.15, -0.1) is 0 Å². The average molecular weight is 665 g/mol. The Kier molecular flexibility index (Phi) is 6.97. The van der Waals surface area contributed by atoms with Crippen molar-refractivity contribution >= 4 is 33.2 Å². The second-order valence-electron chi connectivity index (χ2n) is 13.8. The lowest BCUT2D eigenvalue weighted by molar-refractivity contribution is 0.769. The van der Waals surface area contributed by atoms with E-state index in [1.807, 2.05) is 0 Å². The summed E-state index contributed by atoms with van der Waals surface area (Å²) in [6.45, 7) is 0. The highest BCUT2D eigenvalue weighted by molar-refractivity contribution is 6.10. The lowest BCUT2D eigenvalue weighted by Crippen LogP contribution is -2.28. The van der Waals surface area contributed by atoms with E-state index < -0.39 is 5.41 Å². The number of fused-ring (bicyclic) bond motifs is 6. The highest BCUT2D eigenvalue weighted by Crippen LogP contribution is 2.57. The van der Waals surface area contributed by atoms with Crippen LogP contribution in [-0.4, -0.2) is 11.6 Å². The monoisotopic (exact) mass is 664 g/mol. The molecule has 52 heavy (non-hydrogen) atoms. The van der Waals surface area contributed by atoms with E-state index >= 15 is 0 Å². The molecule has 1 aliphatic rings. The third kappa shape index (κ3) is 4.44. The number of hydrogen-bond acceptors (Lipinski definition) is 1. The minimum absolute atomic E-state index is 0.443. The third-order valence-corrected chi connectivity index (χ3v) is 11.1. The van der Waals surface area contributed by atoms with E-state index in [9.17, 15) is 0 Å². The van der Waals surface area contributed by atoms with Gasteiger partial charge in [-0.05, 0) is 81.4 Å². The molecule has 0 aliphatic heterocycles. The van der Waals surface area contributed by atoms with Crippen molar-refractivity contribution in [3.63, 3.8) is 0 Å². The molecule has 2 nitrogen and oxygen atoms in total. The fourth-order valence-corrected chi connectivity index (χ4v) is 8.78. The second-order valence-corrected chi connectivity index (χ2v) is 13.8. The van der Waals surface area contributed by atoms with E-state index in [2.05, 4.69) is 217 Å². The first-order valence-electron chi connectivity index (χ1n) is 18.0. The van der Waals surface area contributed by atoms with Crippen LogP contribution in [0.25, 0.3) is 49.7 Å². The first-order valence-corrected chi connectivity index (χ1v) is 18.0. The van der Waals surface area contributed by atoms with Gasteiger partial charge in [-0.25, -0.2) is 0 Å². The molecule has 9 aromatic rings. The van der Waals surface area contributed by atoms with Gasteiger partial charge in [-0.2, -0.15) is 0 Å². The lowest BCUT2D eigenvalue weighted by atomic mass is 9.67. The van der Waals surface area contributed by atoms with E-state index in [1.54, 1.807) is 0 Å². The van der Waals surface area contributed by atoms with E-state index in [1.165, 1.54) is 66.3 Å². The van der Waals surface area contributed by atoms with Crippen LogP contribution in [0.2, 0.25) is 0 Å². The second kappa shape index (κ2) is 12.0. The van der Waals surface area contributed by atoms with Gasteiger partial charge in [0.25, 0.3) is 0 Å². The molecule has 0 spiro atoms.